The van der Waals surface area contributed by atoms with E-state index in [1.807, 2.05) is 13.0 Å². The summed E-state index contributed by atoms with van der Waals surface area (Å²) in [6, 6.07) is 2.11. The van der Waals surface area contributed by atoms with Gasteiger partial charge in [-0.1, -0.05) is 12.1 Å². The van der Waals surface area contributed by atoms with E-state index in [-0.39, 0.29) is 6.04 Å². The molecule has 1 atom stereocenters. The third kappa shape index (κ3) is 4.34. The van der Waals surface area contributed by atoms with Crippen molar-refractivity contribution in [2.45, 2.75) is 32.7 Å². The molecule has 0 aliphatic carbocycles. The molecule has 0 radical (unpaired) electrons. The number of aryl methyl sites for hydroxylation is 1. The highest BCUT2D eigenvalue weighted by atomic mass is 16.5. The first-order valence-electron chi connectivity index (χ1n) is 7.20. The van der Waals surface area contributed by atoms with Gasteiger partial charge in [-0.25, -0.2) is 0 Å². The zero-order valence-corrected chi connectivity index (χ0v) is 12.8. The van der Waals surface area contributed by atoms with Gasteiger partial charge in [0.1, 0.15) is 0 Å². The first-order valence-corrected chi connectivity index (χ1v) is 7.20. The van der Waals surface area contributed by atoms with Gasteiger partial charge >= 0.3 is 0 Å². The van der Waals surface area contributed by atoms with Crippen LogP contribution in [0.2, 0.25) is 0 Å². The summed E-state index contributed by atoms with van der Waals surface area (Å²) in [5.41, 5.74) is 1.98. The van der Waals surface area contributed by atoms with Crippen LogP contribution in [0.1, 0.15) is 24.8 Å². The molecule has 1 N–H and O–H groups in total. The van der Waals surface area contributed by atoms with Crippen LogP contribution in [0.3, 0.4) is 0 Å². The molecular formula is C15H22N4O2. The minimum atomic E-state index is 0.179. The molecule has 0 aliphatic heterocycles. The standard InChI is InChI=1S/C15H22N4O2/c1-4-6-17-12(10-20-3)8-14-18-15(19-21-14)13-9-16-7-5-11(13)2/h5,7,9,12,17H,4,6,8,10H2,1-3H3. The van der Waals surface area contributed by atoms with Crippen LogP contribution in [0.15, 0.2) is 23.0 Å². The van der Waals surface area contributed by atoms with Gasteiger partial charge in [-0.05, 0) is 31.5 Å². The van der Waals surface area contributed by atoms with E-state index in [4.69, 9.17) is 9.26 Å². The molecule has 0 fully saturated rings. The van der Waals surface area contributed by atoms with E-state index in [1.165, 1.54) is 0 Å². The van der Waals surface area contributed by atoms with Crippen LogP contribution in [0.4, 0.5) is 0 Å². The van der Waals surface area contributed by atoms with Gasteiger partial charge in [0, 0.05) is 37.5 Å². The number of methoxy groups -OCH3 is 1. The van der Waals surface area contributed by atoms with Gasteiger partial charge in [-0.2, -0.15) is 4.98 Å². The molecule has 21 heavy (non-hydrogen) atoms. The fourth-order valence-corrected chi connectivity index (χ4v) is 2.10. The second kappa shape index (κ2) is 7.85. The molecule has 0 aliphatic rings. The molecule has 0 saturated heterocycles. The van der Waals surface area contributed by atoms with Crippen LogP contribution in [-0.2, 0) is 11.2 Å². The first kappa shape index (κ1) is 15.6. The minimum Gasteiger partial charge on any atom is -0.383 e. The van der Waals surface area contributed by atoms with E-state index in [9.17, 15) is 0 Å². The maximum absolute atomic E-state index is 5.35. The summed E-state index contributed by atoms with van der Waals surface area (Å²) in [6.07, 6.45) is 5.24. The highest BCUT2D eigenvalue weighted by Crippen LogP contribution is 2.19. The molecule has 6 heteroatoms. The Hall–Kier alpha value is -1.79. The Kier molecular flexibility index (Phi) is 5.83. The lowest BCUT2D eigenvalue weighted by Gasteiger charge is -2.15. The highest BCUT2D eigenvalue weighted by Gasteiger charge is 2.15. The Morgan fingerprint density at radius 3 is 3.00 bits per heavy atom. The van der Waals surface area contributed by atoms with Crippen molar-refractivity contribution in [3.05, 3.63) is 29.9 Å². The zero-order chi connectivity index (χ0) is 15.1. The first-order chi connectivity index (χ1) is 10.2. The van der Waals surface area contributed by atoms with Crippen molar-refractivity contribution in [1.29, 1.82) is 0 Å². The Morgan fingerprint density at radius 2 is 2.29 bits per heavy atom. The molecule has 0 aromatic carbocycles. The molecule has 2 heterocycles. The molecule has 2 rings (SSSR count). The number of nitrogens with zero attached hydrogens (tertiary/aromatic N) is 3. The highest BCUT2D eigenvalue weighted by molar-refractivity contribution is 5.57. The summed E-state index contributed by atoms with van der Waals surface area (Å²) >= 11 is 0. The SMILES string of the molecule is CCCNC(COC)Cc1nc(-c2cnccc2C)no1. The van der Waals surface area contributed by atoms with Crippen LogP contribution in [-0.4, -0.2) is 41.4 Å². The van der Waals surface area contributed by atoms with Crippen molar-refractivity contribution in [3.63, 3.8) is 0 Å². The van der Waals surface area contributed by atoms with Crippen molar-refractivity contribution >= 4 is 0 Å². The van der Waals surface area contributed by atoms with Crippen molar-refractivity contribution < 1.29 is 9.26 Å². The van der Waals surface area contributed by atoms with Gasteiger partial charge in [0.25, 0.3) is 0 Å². The van der Waals surface area contributed by atoms with E-state index < -0.39 is 0 Å². The number of nitrogens with one attached hydrogen (secondary N) is 1. The molecular weight excluding hydrogens is 268 g/mol. The number of ether oxygens (including phenoxy) is 1. The smallest absolute Gasteiger partial charge is 0.228 e. The summed E-state index contributed by atoms with van der Waals surface area (Å²) in [5.74, 6) is 1.20. The second-order valence-electron chi connectivity index (χ2n) is 5.01. The van der Waals surface area contributed by atoms with E-state index in [1.54, 1.807) is 19.5 Å². The molecule has 2 aromatic rings. The number of pyridine rings is 1. The third-order valence-corrected chi connectivity index (χ3v) is 3.22. The number of aromatic nitrogens is 3. The molecule has 1 unspecified atom stereocenters. The van der Waals surface area contributed by atoms with E-state index in [0.29, 0.717) is 24.7 Å². The summed E-state index contributed by atoms with van der Waals surface area (Å²) in [4.78, 5) is 8.57. The summed E-state index contributed by atoms with van der Waals surface area (Å²) in [6.45, 7) is 5.69. The van der Waals surface area contributed by atoms with Crippen molar-refractivity contribution in [2.24, 2.45) is 0 Å². The minimum absolute atomic E-state index is 0.179. The summed E-state index contributed by atoms with van der Waals surface area (Å²) in [5, 5.41) is 7.46. The maximum Gasteiger partial charge on any atom is 0.228 e. The van der Waals surface area contributed by atoms with E-state index in [0.717, 1.165) is 24.1 Å². The van der Waals surface area contributed by atoms with Crippen LogP contribution >= 0.6 is 0 Å². The number of hydrogen-bond acceptors (Lipinski definition) is 6. The van der Waals surface area contributed by atoms with Gasteiger partial charge in [0.2, 0.25) is 11.7 Å². The quantitative estimate of drug-likeness (QED) is 0.801. The molecule has 0 spiro atoms. The van der Waals surface area contributed by atoms with Crippen molar-refractivity contribution in [3.8, 4) is 11.4 Å². The average Bonchev–Trinajstić information content (AvgIpc) is 2.94. The summed E-state index contributed by atoms with van der Waals surface area (Å²) in [7, 11) is 1.69. The van der Waals surface area contributed by atoms with Gasteiger partial charge < -0.3 is 14.6 Å². The lowest BCUT2D eigenvalue weighted by Crippen LogP contribution is -2.35. The number of hydrogen-bond donors (Lipinski definition) is 1. The van der Waals surface area contributed by atoms with Gasteiger partial charge in [-0.3, -0.25) is 4.98 Å². The number of rotatable bonds is 8. The van der Waals surface area contributed by atoms with Crippen molar-refractivity contribution in [2.75, 3.05) is 20.3 Å². The molecule has 2 aromatic heterocycles. The van der Waals surface area contributed by atoms with E-state index in [2.05, 4.69) is 27.4 Å². The predicted octanol–water partition coefficient (Wildman–Crippen LogP) is 2.00. The predicted molar refractivity (Wildman–Crippen MR) is 79.9 cm³/mol. The Bertz CT molecular complexity index is 556. The van der Waals surface area contributed by atoms with Gasteiger partial charge in [0.15, 0.2) is 0 Å². The van der Waals surface area contributed by atoms with Crippen LogP contribution in [0, 0.1) is 6.92 Å². The normalized spacial score (nSPS) is 12.5. The molecule has 0 saturated carbocycles. The van der Waals surface area contributed by atoms with Gasteiger partial charge in [-0.15, -0.1) is 0 Å². The lowest BCUT2D eigenvalue weighted by atomic mass is 10.1. The molecule has 114 valence electrons. The monoisotopic (exact) mass is 290 g/mol. The third-order valence-electron chi connectivity index (χ3n) is 3.22. The zero-order valence-electron chi connectivity index (χ0n) is 12.8. The average molecular weight is 290 g/mol. The Morgan fingerprint density at radius 1 is 1.43 bits per heavy atom. The largest absolute Gasteiger partial charge is 0.383 e. The van der Waals surface area contributed by atoms with E-state index >= 15 is 0 Å². The Labute approximate surface area is 124 Å². The van der Waals surface area contributed by atoms with Gasteiger partial charge in [0.05, 0.1) is 6.61 Å². The van der Waals surface area contributed by atoms with Crippen LogP contribution < -0.4 is 5.32 Å². The van der Waals surface area contributed by atoms with Crippen LogP contribution in [0.25, 0.3) is 11.4 Å². The topological polar surface area (TPSA) is 73.1 Å². The van der Waals surface area contributed by atoms with Crippen LogP contribution in [0.5, 0.6) is 0 Å². The second-order valence-corrected chi connectivity index (χ2v) is 5.01. The fourth-order valence-electron chi connectivity index (χ4n) is 2.10. The molecule has 6 nitrogen and oxygen atoms in total. The molecule has 0 bridgehead atoms. The Balaban J connectivity index is 2.06. The molecule has 0 amide bonds. The fraction of sp³-hybridized carbons (Fsp3) is 0.533. The lowest BCUT2D eigenvalue weighted by molar-refractivity contribution is 0.161. The summed E-state index contributed by atoms with van der Waals surface area (Å²) < 4.78 is 10.6. The van der Waals surface area contributed by atoms with Crippen molar-refractivity contribution in [1.82, 2.24) is 20.4 Å². The maximum atomic E-state index is 5.35.